The number of H-pyrrole nitrogens is 1. The molecule has 0 fully saturated rings. The monoisotopic (exact) mass is 268 g/mol. The van der Waals surface area contributed by atoms with E-state index in [9.17, 15) is 10.1 Å². The van der Waals surface area contributed by atoms with Gasteiger partial charge in [0.1, 0.15) is 12.2 Å². The summed E-state index contributed by atoms with van der Waals surface area (Å²) in [5.74, 6) is 0.697. The highest BCUT2D eigenvalue weighted by Gasteiger charge is 2.23. The number of aromatic amines is 1. The van der Waals surface area contributed by atoms with E-state index in [1.165, 1.54) is 0 Å². The van der Waals surface area contributed by atoms with Gasteiger partial charge in [-0.25, -0.2) is 15.0 Å². The van der Waals surface area contributed by atoms with Gasteiger partial charge in [-0.15, -0.1) is 0 Å². The molecule has 94 valence electrons. The van der Waals surface area contributed by atoms with Gasteiger partial charge >= 0.3 is 5.69 Å². The first-order chi connectivity index (χ1) is 8.59. The Kier molecular flexibility index (Phi) is 3.38. The number of aromatic nitrogens is 4. The quantitative estimate of drug-likeness (QED) is 0.498. The standard InChI is InChI=1S/C9H9ClN6O2/c1-5(8-11-2-3-12-8)15-9-6(16(17)18)7(10)13-4-14-9/h2-5H,1H3,(H,11,12)(H,13,14,15). The maximum absolute atomic E-state index is 10.9. The zero-order chi connectivity index (χ0) is 13.1. The van der Waals surface area contributed by atoms with Gasteiger partial charge in [0.15, 0.2) is 0 Å². The molecule has 2 aromatic heterocycles. The molecule has 0 radical (unpaired) electrons. The predicted octanol–water partition coefficient (Wildman–Crippen LogP) is 1.93. The molecule has 9 heteroatoms. The van der Waals surface area contributed by atoms with Gasteiger partial charge < -0.3 is 10.3 Å². The van der Waals surface area contributed by atoms with Gasteiger partial charge in [-0.1, -0.05) is 11.6 Å². The molecule has 2 aromatic rings. The molecule has 2 rings (SSSR count). The fourth-order valence-electron chi connectivity index (χ4n) is 1.41. The van der Waals surface area contributed by atoms with E-state index < -0.39 is 4.92 Å². The van der Waals surface area contributed by atoms with Crippen molar-refractivity contribution in [3.63, 3.8) is 0 Å². The van der Waals surface area contributed by atoms with E-state index in [1.807, 2.05) is 0 Å². The van der Waals surface area contributed by atoms with Crippen LogP contribution in [0.2, 0.25) is 5.15 Å². The average Bonchev–Trinajstić information content (AvgIpc) is 2.81. The number of nitrogens with zero attached hydrogens (tertiary/aromatic N) is 4. The van der Waals surface area contributed by atoms with Crippen molar-refractivity contribution in [2.45, 2.75) is 13.0 Å². The fraction of sp³-hybridized carbons (Fsp3) is 0.222. The van der Waals surface area contributed by atoms with Crippen molar-refractivity contribution in [1.29, 1.82) is 0 Å². The molecule has 1 unspecified atom stereocenters. The third kappa shape index (κ3) is 2.38. The van der Waals surface area contributed by atoms with Crippen LogP contribution in [0.25, 0.3) is 0 Å². The minimum atomic E-state index is -0.625. The summed E-state index contributed by atoms with van der Waals surface area (Å²) in [7, 11) is 0. The zero-order valence-corrected chi connectivity index (χ0v) is 10.0. The Morgan fingerprint density at radius 2 is 2.28 bits per heavy atom. The normalized spacial score (nSPS) is 12.1. The van der Waals surface area contributed by atoms with E-state index in [0.29, 0.717) is 5.82 Å². The van der Waals surface area contributed by atoms with E-state index >= 15 is 0 Å². The summed E-state index contributed by atoms with van der Waals surface area (Å²) < 4.78 is 0. The number of rotatable bonds is 4. The van der Waals surface area contributed by atoms with Gasteiger partial charge in [0.25, 0.3) is 0 Å². The first-order valence-electron chi connectivity index (χ1n) is 5.00. The predicted molar refractivity (Wildman–Crippen MR) is 64.3 cm³/mol. The molecular formula is C9H9ClN6O2. The maximum atomic E-state index is 10.9. The van der Waals surface area contributed by atoms with Gasteiger partial charge in [-0.2, -0.15) is 0 Å². The molecule has 0 amide bonds. The second kappa shape index (κ2) is 4.96. The van der Waals surface area contributed by atoms with Crippen LogP contribution in [0.15, 0.2) is 18.7 Å². The number of nitro groups is 1. The van der Waals surface area contributed by atoms with Crippen LogP contribution in [0.1, 0.15) is 18.8 Å². The number of anilines is 1. The number of imidazole rings is 1. The second-order valence-corrected chi connectivity index (χ2v) is 3.82. The molecule has 0 aliphatic carbocycles. The number of halogens is 1. The van der Waals surface area contributed by atoms with Crippen LogP contribution in [-0.2, 0) is 0 Å². The maximum Gasteiger partial charge on any atom is 0.348 e. The summed E-state index contributed by atoms with van der Waals surface area (Å²) in [5, 5.41) is 13.5. The summed E-state index contributed by atoms with van der Waals surface area (Å²) in [6.07, 6.45) is 4.41. The topological polar surface area (TPSA) is 110 Å². The van der Waals surface area contributed by atoms with E-state index in [-0.39, 0.29) is 22.7 Å². The van der Waals surface area contributed by atoms with Crippen molar-refractivity contribution in [3.05, 3.63) is 39.8 Å². The minimum Gasteiger partial charge on any atom is -0.355 e. The average molecular weight is 269 g/mol. The Hall–Kier alpha value is -2.22. The molecule has 18 heavy (non-hydrogen) atoms. The molecule has 2 heterocycles. The number of hydrogen-bond acceptors (Lipinski definition) is 6. The van der Waals surface area contributed by atoms with E-state index in [2.05, 4.69) is 25.3 Å². The third-order valence-electron chi connectivity index (χ3n) is 2.24. The van der Waals surface area contributed by atoms with Crippen LogP contribution in [0, 0.1) is 10.1 Å². The Morgan fingerprint density at radius 1 is 1.50 bits per heavy atom. The highest BCUT2D eigenvalue weighted by Crippen LogP contribution is 2.30. The Balaban J connectivity index is 2.29. The SMILES string of the molecule is CC(Nc1ncnc(Cl)c1[N+](=O)[O-])c1ncc[nH]1. The summed E-state index contributed by atoms with van der Waals surface area (Å²) >= 11 is 5.68. The Labute approximate surface area is 107 Å². The third-order valence-corrected chi connectivity index (χ3v) is 2.52. The number of hydrogen-bond donors (Lipinski definition) is 2. The number of nitrogens with one attached hydrogen (secondary N) is 2. The van der Waals surface area contributed by atoms with Crippen LogP contribution in [-0.4, -0.2) is 24.9 Å². The first-order valence-corrected chi connectivity index (χ1v) is 5.38. The van der Waals surface area contributed by atoms with Crippen molar-refractivity contribution in [2.75, 3.05) is 5.32 Å². The van der Waals surface area contributed by atoms with Crippen LogP contribution in [0.4, 0.5) is 11.5 Å². The molecule has 0 saturated carbocycles. The highest BCUT2D eigenvalue weighted by atomic mass is 35.5. The van der Waals surface area contributed by atoms with Gasteiger partial charge in [-0.3, -0.25) is 10.1 Å². The van der Waals surface area contributed by atoms with Crippen LogP contribution in [0.3, 0.4) is 0 Å². The van der Waals surface area contributed by atoms with Crippen LogP contribution in [0.5, 0.6) is 0 Å². The lowest BCUT2D eigenvalue weighted by Gasteiger charge is -2.11. The lowest BCUT2D eigenvalue weighted by molar-refractivity contribution is -0.384. The van der Waals surface area contributed by atoms with Gasteiger partial charge in [-0.05, 0) is 6.92 Å². The second-order valence-electron chi connectivity index (χ2n) is 3.46. The fourth-order valence-corrected chi connectivity index (χ4v) is 1.61. The minimum absolute atomic E-state index is 0.0592. The van der Waals surface area contributed by atoms with Crippen molar-refractivity contribution < 1.29 is 4.92 Å². The molecular weight excluding hydrogens is 260 g/mol. The van der Waals surface area contributed by atoms with Crippen molar-refractivity contribution in [3.8, 4) is 0 Å². The lowest BCUT2D eigenvalue weighted by atomic mass is 10.3. The van der Waals surface area contributed by atoms with Crippen molar-refractivity contribution in [2.24, 2.45) is 0 Å². The molecule has 1 atom stereocenters. The van der Waals surface area contributed by atoms with Crippen molar-refractivity contribution in [1.82, 2.24) is 19.9 Å². The first kappa shape index (κ1) is 12.2. The molecule has 2 N–H and O–H groups in total. The van der Waals surface area contributed by atoms with Crippen LogP contribution >= 0.6 is 11.6 Å². The molecule has 8 nitrogen and oxygen atoms in total. The van der Waals surface area contributed by atoms with E-state index in [0.717, 1.165) is 6.33 Å². The van der Waals surface area contributed by atoms with E-state index in [4.69, 9.17) is 11.6 Å². The van der Waals surface area contributed by atoms with E-state index in [1.54, 1.807) is 19.3 Å². The molecule has 0 aliphatic rings. The molecule has 0 aromatic carbocycles. The zero-order valence-electron chi connectivity index (χ0n) is 9.29. The summed E-state index contributed by atoms with van der Waals surface area (Å²) in [4.78, 5) is 24.6. The van der Waals surface area contributed by atoms with Gasteiger partial charge in [0, 0.05) is 12.4 Å². The summed E-state index contributed by atoms with van der Waals surface area (Å²) in [5.41, 5.74) is -0.349. The molecule has 0 bridgehead atoms. The summed E-state index contributed by atoms with van der Waals surface area (Å²) in [6.45, 7) is 1.79. The highest BCUT2D eigenvalue weighted by molar-refractivity contribution is 6.31. The Morgan fingerprint density at radius 3 is 2.89 bits per heavy atom. The molecule has 0 saturated heterocycles. The van der Waals surface area contributed by atoms with Crippen LogP contribution < -0.4 is 5.32 Å². The molecule has 0 aliphatic heterocycles. The smallest absolute Gasteiger partial charge is 0.348 e. The lowest BCUT2D eigenvalue weighted by Crippen LogP contribution is -2.11. The van der Waals surface area contributed by atoms with Crippen molar-refractivity contribution >= 4 is 23.1 Å². The summed E-state index contributed by atoms with van der Waals surface area (Å²) in [6, 6.07) is -0.273. The largest absolute Gasteiger partial charge is 0.355 e. The Bertz CT molecular complexity index is 558. The molecule has 0 spiro atoms. The van der Waals surface area contributed by atoms with Gasteiger partial charge in [0.2, 0.25) is 11.0 Å². The van der Waals surface area contributed by atoms with Gasteiger partial charge in [0.05, 0.1) is 11.0 Å².